The standard InChI is InChI=1S/C20H15F3N4O4S2/c1-33(30,31)12-6-4-5-11(9-12)17-26-18(32-27-17)16(10-14(24)19(28)29)25-15-8-3-2-7-13(15)20(21,22)23/h2-10H,24H2,1H3,(H,28,29)/b14-10-,25-16?. The fraction of sp³-hybridized carbons (Fsp3) is 0.100. The normalized spacial score (nSPS) is 13.2. The number of carboxylic acid groups (broad SMARTS) is 1. The molecule has 8 nitrogen and oxygen atoms in total. The molecule has 13 heteroatoms. The van der Waals surface area contributed by atoms with Crippen molar-refractivity contribution in [2.45, 2.75) is 11.1 Å². The Morgan fingerprint density at radius 3 is 2.52 bits per heavy atom. The summed E-state index contributed by atoms with van der Waals surface area (Å²) in [6.45, 7) is 0. The van der Waals surface area contributed by atoms with Crippen LogP contribution in [0.1, 0.15) is 10.6 Å². The van der Waals surface area contributed by atoms with E-state index in [2.05, 4.69) is 14.3 Å². The van der Waals surface area contributed by atoms with Gasteiger partial charge in [-0.15, -0.1) is 0 Å². The van der Waals surface area contributed by atoms with E-state index in [9.17, 15) is 26.4 Å². The second kappa shape index (κ2) is 9.11. The molecular formula is C20H15F3N4O4S2. The Kier molecular flexibility index (Phi) is 6.65. The molecule has 0 unspecified atom stereocenters. The topological polar surface area (TPSA) is 136 Å². The second-order valence-electron chi connectivity index (χ2n) is 6.64. The molecule has 0 aliphatic heterocycles. The number of rotatable bonds is 6. The van der Waals surface area contributed by atoms with Gasteiger partial charge in [0.2, 0.25) is 0 Å². The van der Waals surface area contributed by atoms with E-state index in [0.717, 1.165) is 36.0 Å². The highest BCUT2D eigenvalue weighted by Crippen LogP contribution is 2.36. The first-order chi connectivity index (χ1) is 15.4. The SMILES string of the molecule is CS(=O)(=O)c1cccc(-c2nsc(C(/C=C(\N)C(=O)O)=Nc3ccccc3C(F)(F)F)n2)c1. The van der Waals surface area contributed by atoms with Gasteiger partial charge in [-0.2, -0.15) is 17.5 Å². The third-order valence-corrected chi connectivity index (χ3v) is 6.00. The van der Waals surface area contributed by atoms with Crippen molar-refractivity contribution in [2.24, 2.45) is 10.7 Å². The number of carboxylic acids is 1. The van der Waals surface area contributed by atoms with Crippen LogP contribution in [0.4, 0.5) is 18.9 Å². The van der Waals surface area contributed by atoms with Crippen LogP contribution in [0.3, 0.4) is 0 Å². The molecule has 0 saturated heterocycles. The van der Waals surface area contributed by atoms with Crippen LogP contribution in [0.15, 0.2) is 70.2 Å². The van der Waals surface area contributed by atoms with Gasteiger partial charge in [-0.1, -0.05) is 24.3 Å². The van der Waals surface area contributed by atoms with Gasteiger partial charge in [0, 0.05) is 11.8 Å². The molecular weight excluding hydrogens is 481 g/mol. The van der Waals surface area contributed by atoms with Crippen molar-refractivity contribution in [3.8, 4) is 11.4 Å². The van der Waals surface area contributed by atoms with Crippen LogP contribution in [-0.4, -0.2) is 40.8 Å². The van der Waals surface area contributed by atoms with Crippen molar-refractivity contribution in [3.05, 3.63) is 70.9 Å². The number of nitrogens with zero attached hydrogens (tertiary/aromatic N) is 3. The summed E-state index contributed by atoms with van der Waals surface area (Å²) >= 11 is 0.736. The predicted octanol–water partition coefficient (Wildman–Crippen LogP) is 3.68. The number of allylic oxidation sites excluding steroid dienone is 1. The van der Waals surface area contributed by atoms with E-state index in [4.69, 9.17) is 10.8 Å². The minimum atomic E-state index is -4.70. The lowest BCUT2D eigenvalue weighted by atomic mass is 10.1. The van der Waals surface area contributed by atoms with Gasteiger partial charge in [0.05, 0.1) is 16.1 Å². The number of benzene rings is 2. The molecule has 0 fully saturated rings. The van der Waals surface area contributed by atoms with Gasteiger partial charge in [-0.05, 0) is 41.9 Å². The van der Waals surface area contributed by atoms with E-state index in [1.165, 1.54) is 30.3 Å². The highest BCUT2D eigenvalue weighted by Gasteiger charge is 2.33. The largest absolute Gasteiger partial charge is 0.477 e. The highest BCUT2D eigenvalue weighted by molar-refractivity contribution is 7.90. The van der Waals surface area contributed by atoms with Gasteiger partial charge in [0.15, 0.2) is 20.7 Å². The minimum absolute atomic E-state index is 0.0177. The Balaban J connectivity index is 2.14. The molecule has 2 aromatic carbocycles. The molecule has 0 saturated carbocycles. The first-order valence-electron chi connectivity index (χ1n) is 8.96. The number of carbonyl (C=O) groups is 1. The van der Waals surface area contributed by atoms with Gasteiger partial charge in [-0.25, -0.2) is 23.2 Å². The summed E-state index contributed by atoms with van der Waals surface area (Å²) in [5.74, 6) is -1.42. The first kappa shape index (κ1) is 24.1. The van der Waals surface area contributed by atoms with Crippen LogP contribution in [0.25, 0.3) is 11.4 Å². The van der Waals surface area contributed by atoms with Crippen LogP contribution in [0.5, 0.6) is 0 Å². The van der Waals surface area contributed by atoms with E-state index in [1.54, 1.807) is 6.07 Å². The summed E-state index contributed by atoms with van der Waals surface area (Å²) in [6.07, 6.45) is -2.79. The summed E-state index contributed by atoms with van der Waals surface area (Å²) in [6, 6.07) is 10.3. The molecule has 0 aliphatic rings. The maximum absolute atomic E-state index is 13.4. The molecule has 0 amide bonds. The van der Waals surface area contributed by atoms with E-state index in [0.29, 0.717) is 5.56 Å². The van der Waals surface area contributed by atoms with Crippen molar-refractivity contribution in [1.82, 2.24) is 9.36 Å². The number of aliphatic carboxylic acids is 1. The molecule has 33 heavy (non-hydrogen) atoms. The molecule has 0 radical (unpaired) electrons. The van der Waals surface area contributed by atoms with Crippen molar-refractivity contribution in [1.29, 1.82) is 0 Å². The summed E-state index contributed by atoms with van der Waals surface area (Å²) in [5.41, 5.74) is 3.38. The van der Waals surface area contributed by atoms with Crippen LogP contribution >= 0.6 is 11.5 Å². The molecule has 1 aromatic heterocycles. The molecule has 0 spiro atoms. The van der Waals surface area contributed by atoms with Crippen molar-refractivity contribution < 1.29 is 31.5 Å². The third-order valence-electron chi connectivity index (χ3n) is 4.16. The smallest absolute Gasteiger partial charge is 0.418 e. The van der Waals surface area contributed by atoms with E-state index >= 15 is 0 Å². The summed E-state index contributed by atoms with van der Waals surface area (Å²) in [4.78, 5) is 19.4. The lowest BCUT2D eigenvalue weighted by molar-refractivity contribution is -0.137. The predicted molar refractivity (Wildman–Crippen MR) is 116 cm³/mol. The number of para-hydroxylation sites is 1. The number of halogens is 3. The molecule has 172 valence electrons. The minimum Gasteiger partial charge on any atom is -0.477 e. The molecule has 0 bridgehead atoms. The third kappa shape index (κ3) is 5.81. The lowest BCUT2D eigenvalue weighted by Gasteiger charge is -2.10. The number of sulfone groups is 1. The highest BCUT2D eigenvalue weighted by atomic mass is 32.2. The van der Waals surface area contributed by atoms with Crippen molar-refractivity contribution in [3.63, 3.8) is 0 Å². The monoisotopic (exact) mass is 496 g/mol. The molecule has 3 N–H and O–H groups in total. The zero-order valence-corrected chi connectivity index (χ0v) is 18.4. The second-order valence-corrected chi connectivity index (χ2v) is 9.41. The maximum Gasteiger partial charge on any atom is 0.418 e. The first-order valence-corrected chi connectivity index (χ1v) is 11.6. The van der Waals surface area contributed by atoms with E-state index < -0.39 is 38.9 Å². The summed E-state index contributed by atoms with van der Waals surface area (Å²) < 4.78 is 67.8. The van der Waals surface area contributed by atoms with E-state index in [-0.39, 0.29) is 21.4 Å². The van der Waals surface area contributed by atoms with Gasteiger partial charge in [0.25, 0.3) is 0 Å². The zero-order valence-electron chi connectivity index (χ0n) is 16.7. The summed E-state index contributed by atoms with van der Waals surface area (Å²) in [7, 11) is -3.50. The van der Waals surface area contributed by atoms with Gasteiger partial charge >= 0.3 is 12.1 Å². The number of hydrogen-bond acceptors (Lipinski definition) is 8. The number of alkyl halides is 3. The molecule has 0 atom stereocenters. The Bertz CT molecular complexity index is 1380. The van der Waals surface area contributed by atoms with Crippen LogP contribution in [0.2, 0.25) is 0 Å². The van der Waals surface area contributed by atoms with Crippen molar-refractivity contribution in [2.75, 3.05) is 6.26 Å². The Hall–Kier alpha value is -3.58. The fourth-order valence-corrected chi connectivity index (χ4v) is 3.91. The fourth-order valence-electron chi connectivity index (χ4n) is 2.60. The Morgan fingerprint density at radius 1 is 1.18 bits per heavy atom. The lowest BCUT2D eigenvalue weighted by Crippen LogP contribution is -2.13. The molecule has 0 aliphatic carbocycles. The number of nitrogens with two attached hydrogens (primary N) is 1. The maximum atomic E-state index is 13.4. The Labute approximate surface area is 190 Å². The average Bonchev–Trinajstić information content (AvgIpc) is 3.22. The molecule has 3 rings (SSSR count). The van der Waals surface area contributed by atoms with Gasteiger partial charge in [-0.3, -0.25) is 0 Å². The molecule has 3 aromatic rings. The number of aliphatic imine (C=N–C) groups is 1. The molecule has 1 heterocycles. The average molecular weight is 496 g/mol. The zero-order chi connectivity index (χ0) is 24.4. The van der Waals surface area contributed by atoms with Crippen LogP contribution in [-0.2, 0) is 20.8 Å². The Morgan fingerprint density at radius 2 is 1.88 bits per heavy atom. The van der Waals surface area contributed by atoms with Crippen LogP contribution < -0.4 is 5.73 Å². The number of hydrogen-bond donors (Lipinski definition) is 2. The van der Waals surface area contributed by atoms with Crippen LogP contribution in [0, 0.1) is 0 Å². The van der Waals surface area contributed by atoms with Gasteiger partial charge < -0.3 is 10.8 Å². The van der Waals surface area contributed by atoms with Crippen molar-refractivity contribution >= 4 is 38.7 Å². The van der Waals surface area contributed by atoms with E-state index in [1.807, 2.05) is 0 Å². The number of aromatic nitrogens is 2. The quantitative estimate of drug-likeness (QED) is 0.393. The van der Waals surface area contributed by atoms with Gasteiger partial charge in [0.1, 0.15) is 11.4 Å². The summed E-state index contributed by atoms with van der Waals surface area (Å²) in [5, 5.41) is 9.08.